The molecule has 90 valence electrons. The number of thiazole rings is 1. The second kappa shape index (κ2) is 4.08. The van der Waals surface area contributed by atoms with Gasteiger partial charge in [0.05, 0.1) is 5.56 Å². The molecule has 0 unspecified atom stereocenters. The molecule has 3 aromatic heterocycles. The molecule has 7 nitrogen and oxygen atoms in total. The van der Waals surface area contributed by atoms with Crippen molar-refractivity contribution in [3.8, 4) is 22.3 Å². The zero-order valence-corrected chi connectivity index (χ0v) is 9.64. The van der Waals surface area contributed by atoms with E-state index < -0.39 is 5.97 Å². The van der Waals surface area contributed by atoms with Gasteiger partial charge in [0.15, 0.2) is 16.6 Å². The molecule has 0 atom stereocenters. The van der Waals surface area contributed by atoms with Crippen molar-refractivity contribution in [3.05, 3.63) is 29.6 Å². The smallest absolute Gasteiger partial charge is 0.338 e. The summed E-state index contributed by atoms with van der Waals surface area (Å²) in [6.45, 7) is 0. The van der Waals surface area contributed by atoms with Crippen molar-refractivity contribution >= 4 is 17.3 Å². The van der Waals surface area contributed by atoms with Crippen molar-refractivity contribution in [2.24, 2.45) is 0 Å². The maximum atomic E-state index is 10.7. The summed E-state index contributed by atoms with van der Waals surface area (Å²) in [5.74, 6) is -0.0543. The zero-order chi connectivity index (χ0) is 12.5. The number of rotatable bonds is 3. The van der Waals surface area contributed by atoms with Crippen LogP contribution in [-0.2, 0) is 0 Å². The number of nitrogens with zero attached hydrogens (tertiary/aromatic N) is 3. The molecule has 0 aliphatic carbocycles. The van der Waals surface area contributed by atoms with Crippen LogP contribution >= 0.6 is 11.3 Å². The molecule has 0 aliphatic rings. The molecule has 3 heterocycles. The van der Waals surface area contributed by atoms with Crippen LogP contribution in [0.15, 0.2) is 28.5 Å². The number of carbonyl (C=O) groups is 1. The second-order valence-corrected chi connectivity index (χ2v) is 4.23. The fourth-order valence-electron chi connectivity index (χ4n) is 1.39. The molecule has 0 amide bonds. The highest BCUT2D eigenvalue weighted by Gasteiger charge is 2.14. The Hall–Kier alpha value is -2.48. The number of hydrogen-bond acceptors (Lipinski definition) is 6. The highest BCUT2D eigenvalue weighted by atomic mass is 32.1. The quantitative estimate of drug-likeness (QED) is 0.746. The van der Waals surface area contributed by atoms with Crippen molar-refractivity contribution < 1.29 is 14.3 Å². The standard InChI is InChI=1S/C10H6N4O3S/c15-10(16)5-1-7(17-2-5)6-3-18-9(13-6)8-11-4-12-14-8/h1-4H,(H,15,16)(H,11,12,14). The third-order valence-corrected chi connectivity index (χ3v) is 3.07. The number of aromatic amines is 1. The summed E-state index contributed by atoms with van der Waals surface area (Å²) < 4.78 is 5.16. The fraction of sp³-hybridized carbons (Fsp3) is 0. The minimum atomic E-state index is -1.03. The molecular formula is C10H6N4O3S. The molecule has 18 heavy (non-hydrogen) atoms. The van der Waals surface area contributed by atoms with Gasteiger partial charge in [-0.2, -0.15) is 5.10 Å². The van der Waals surface area contributed by atoms with Gasteiger partial charge >= 0.3 is 5.97 Å². The second-order valence-electron chi connectivity index (χ2n) is 3.38. The van der Waals surface area contributed by atoms with Crippen molar-refractivity contribution in [1.29, 1.82) is 0 Å². The summed E-state index contributed by atoms with van der Waals surface area (Å²) in [5, 5.41) is 17.7. The third kappa shape index (κ3) is 1.78. The van der Waals surface area contributed by atoms with Crippen LogP contribution in [0.5, 0.6) is 0 Å². The largest absolute Gasteiger partial charge is 0.478 e. The van der Waals surface area contributed by atoms with E-state index in [1.165, 1.54) is 30.0 Å². The molecule has 0 spiro atoms. The number of hydrogen-bond donors (Lipinski definition) is 2. The lowest BCUT2D eigenvalue weighted by Gasteiger charge is -1.87. The minimum absolute atomic E-state index is 0.0965. The Kier molecular flexibility index (Phi) is 2.41. The molecule has 0 bridgehead atoms. The van der Waals surface area contributed by atoms with E-state index in [1.54, 1.807) is 5.38 Å². The first-order valence-corrected chi connectivity index (χ1v) is 5.75. The maximum Gasteiger partial charge on any atom is 0.338 e. The molecule has 0 saturated carbocycles. The van der Waals surface area contributed by atoms with E-state index in [9.17, 15) is 4.79 Å². The highest BCUT2D eigenvalue weighted by molar-refractivity contribution is 7.13. The van der Waals surface area contributed by atoms with Crippen LogP contribution in [0.25, 0.3) is 22.3 Å². The predicted molar refractivity (Wildman–Crippen MR) is 62.2 cm³/mol. The molecule has 8 heteroatoms. The van der Waals surface area contributed by atoms with Gasteiger partial charge in [0, 0.05) is 11.4 Å². The Balaban J connectivity index is 1.95. The van der Waals surface area contributed by atoms with Gasteiger partial charge in [0.2, 0.25) is 0 Å². The number of furan rings is 1. The van der Waals surface area contributed by atoms with Gasteiger partial charge in [-0.05, 0) is 0 Å². The molecule has 0 radical (unpaired) electrons. The first-order valence-electron chi connectivity index (χ1n) is 4.87. The number of nitrogens with one attached hydrogen (secondary N) is 1. The van der Waals surface area contributed by atoms with Gasteiger partial charge in [0.25, 0.3) is 0 Å². The Morgan fingerprint density at radius 3 is 3.06 bits per heavy atom. The van der Waals surface area contributed by atoms with Crippen LogP contribution in [0.1, 0.15) is 10.4 Å². The summed E-state index contributed by atoms with van der Waals surface area (Å²) in [6.07, 6.45) is 2.58. The first kappa shape index (κ1) is 10.7. The number of aromatic carboxylic acids is 1. The van der Waals surface area contributed by atoms with Crippen LogP contribution in [0.3, 0.4) is 0 Å². The van der Waals surface area contributed by atoms with Crippen molar-refractivity contribution in [2.45, 2.75) is 0 Å². The van der Waals surface area contributed by atoms with Crippen LogP contribution in [0.4, 0.5) is 0 Å². The number of H-pyrrole nitrogens is 1. The van der Waals surface area contributed by atoms with Crippen LogP contribution in [0, 0.1) is 0 Å². The summed E-state index contributed by atoms with van der Waals surface area (Å²) >= 11 is 1.37. The number of carboxylic acids is 1. The van der Waals surface area contributed by atoms with Gasteiger partial charge in [-0.25, -0.2) is 14.8 Å². The first-order chi connectivity index (χ1) is 8.74. The lowest BCUT2D eigenvalue weighted by molar-refractivity contribution is 0.0696. The molecule has 3 aromatic rings. The van der Waals surface area contributed by atoms with E-state index in [0.29, 0.717) is 22.3 Å². The Morgan fingerprint density at radius 1 is 1.50 bits per heavy atom. The van der Waals surface area contributed by atoms with E-state index in [4.69, 9.17) is 9.52 Å². The number of aromatic nitrogens is 4. The van der Waals surface area contributed by atoms with Crippen LogP contribution in [-0.4, -0.2) is 31.2 Å². The molecule has 0 saturated heterocycles. The average Bonchev–Trinajstić information content (AvgIpc) is 3.10. The van der Waals surface area contributed by atoms with Gasteiger partial charge in [-0.1, -0.05) is 0 Å². The Labute approximate surface area is 104 Å². The Bertz CT molecular complexity index is 686. The van der Waals surface area contributed by atoms with E-state index in [-0.39, 0.29) is 5.56 Å². The SMILES string of the molecule is O=C(O)c1coc(-c2csc(-c3ncn[nH]3)n2)c1. The maximum absolute atomic E-state index is 10.7. The van der Waals surface area contributed by atoms with Gasteiger partial charge in [0.1, 0.15) is 18.3 Å². The summed E-state index contributed by atoms with van der Waals surface area (Å²) in [5.41, 5.74) is 0.665. The fourth-order valence-corrected chi connectivity index (χ4v) is 2.14. The highest BCUT2D eigenvalue weighted by Crippen LogP contribution is 2.27. The Morgan fingerprint density at radius 2 is 2.39 bits per heavy atom. The molecule has 0 aliphatic heterocycles. The lowest BCUT2D eigenvalue weighted by Crippen LogP contribution is -1.91. The van der Waals surface area contributed by atoms with Crippen molar-refractivity contribution in [2.75, 3.05) is 0 Å². The third-order valence-electron chi connectivity index (χ3n) is 2.22. The topological polar surface area (TPSA) is 105 Å². The molecule has 2 N–H and O–H groups in total. The summed E-state index contributed by atoms with van der Waals surface area (Å²) in [4.78, 5) is 19.0. The number of carboxylic acid groups (broad SMARTS) is 1. The predicted octanol–water partition coefficient (Wildman–Crippen LogP) is 1.89. The molecule has 3 rings (SSSR count). The van der Waals surface area contributed by atoms with E-state index in [2.05, 4.69) is 20.2 Å². The molecule has 0 fully saturated rings. The van der Waals surface area contributed by atoms with E-state index in [0.717, 1.165) is 0 Å². The van der Waals surface area contributed by atoms with Gasteiger partial charge in [-0.15, -0.1) is 11.3 Å². The van der Waals surface area contributed by atoms with Gasteiger partial charge in [-0.3, -0.25) is 5.10 Å². The minimum Gasteiger partial charge on any atom is -0.478 e. The summed E-state index contributed by atoms with van der Waals surface area (Å²) in [7, 11) is 0. The monoisotopic (exact) mass is 262 g/mol. The molecule has 0 aromatic carbocycles. The van der Waals surface area contributed by atoms with Crippen LogP contribution in [0.2, 0.25) is 0 Å². The van der Waals surface area contributed by atoms with E-state index in [1.807, 2.05) is 0 Å². The summed E-state index contributed by atoms with van der Waals surface area (Å²) in [6, 6.07) is 1.43. The average molecular weight is 262 g/mol. The van der Waals surface area contributed by atoms with E-state index >= 15 is 0 Å². The van der Waals surface area contributed by atoms with Crippen molar-refractivity contribution in [1.82, 2.24) is 20.2 Å². The lowest BCUT2D eigenvalue weighted by atomic mass is 10.3. The molecular weight excluding hydrogens is 256 g/mol. The normalized spacial score (nSPS) is 10.7. The van der Waals surface area contributed by atoms with Crippen LogP contribution < -0.4 is 0 Å². The van der Waals surface area contributed by atoms with Crippen molar-refractivity contribution in [3.63, 3.8) is 0 Å². The zero-order valence-electron chi connectivity index (χ0n) is 8.82. The van der Waals surface area contributed by atoms with Gasteiger partial charge < -0.3 is 9.52 Å².